The second kappa shape index (κ2) is 42.1. The lowest BCUT2D eigenvalue weighted by molar-refractivity contribution is -0.679. The summed E-state index contributed by atoms with van der Waals surface area (Å²) in [5.41, 5.74) is 12.4. The van der Waals surface area contributed by atoms with E-state index in [1.54, 1.807) is 0 Å². The third-order valence-electron chi connectivity index (χ3n) is 26.7. The molecular weight excluding hydrogens is 1320 g/mol. The van der Waals surface area contributed by atoms with Crippen molar-refractivity contribution in [2.24, 2.45) is 28.2 Å². The third kappa shape index (κ3) is 22.9. The summed E-state index contributed by atoms with van der Waals surface area (Å²) < 4.78 is 8.68. The summed E-state index contributed by atoms with van der Waals surface area (Å²) in [6.07, 6.45) is 4.90. The molecule has 6 nitrogen and oxygen atoms in total. The predicted molar refractivity (Wildman–Crippen MR) is 549 cm³/mol. The zero-order valence-corrected chi connectivity index (χ0v) is 69.8. The van der Waals surface area contributed by atoms with Crippen LogP contribution in [-0.2, 0) is 28.2 Å². The highest BCUT2D eigenvalue weighted by Crippen LogP contribution is 2.55. The lowest BCUT2D eigenvalue weighted by Crippen LogP contribution is -2.64. The molecule has 0 aliphatic carbocycles. The summed E-state index contributed by atoms with van der Waals surface area (Å²) in [6, 6.07) is 37.9. The van der Waals surface area contributed by atoms with E-state index in [2.05, 4.69) is 215 Å². The molecule has 11 atom stereocenters. The number of hydrogen-bond donors (Lipinski definition) is 0. The van der Waals surface area contributed by atoms with Crippen molar-refractivity contribution < 1.29 is 18.3 Å². The lowest BCUT2D eigenvalue weighted by atomic mass is 8.57. The largest absolute Gasteiger partial charge is 0.362 e. The normalized spacial score (nSPS) is 20.6. The van der Waals surface area contributed by atoms with E-state index in [9.17, 15) is 0 Å². The van der Waals surface area contributed by atoms with Crippen molar-refractivity contribution in [3.63, 3.8) is 0 Å². The van der Waals surface area contributed by atoms with Crippen LogP contribution < -0.4 is 18.3 Å². The van der Waals surface area contributed by atoms with Gasteiger partial charge >= 0.3 is 0 Å². The van der Waals surface area contributed by atoms with Crippen molar-refractivity contribution in [1.82, 2.24) is 9.80 Å². The predicted octanol–water partition coefficient (Wildman–Crippen LogP) is -7.97. The van der Waals surface area contributed by atoms with Gasteiger partial charge in [-0.25, -0.2) is 18.3 Å². The maximum absolute atomic E-state index is 6.25. The Hall–Kier alpha value is -2.37. The molecule has 6 aliphatic rings. The van der Waals surface area contributed by atoms with Crippen LogP contribution in [0, 0.1) is 13.8 Å². The number of nitrogens with zero attached hydrogens (tertiary/aromatic N) is 6. The van der Waals surface area contributed by atoms with Crippen molar-refractivity contribution in [3.05, 3.63) is 180 Å². The molecule has 56 heteroatoms. The third-order valence-corrected chi connectivity index (χ3v) is 26.7. The van der Waals surface area contributed by atoms with Gasteiger partial charge in [-0.1, -0.05) is 130 Å². The van der Waals surface area contributed by atoms with Gasteiger partial charge < -0.3 is 9.80 Å². The Morgan fingerprint density at radius 3 is 0.982 bits per heavy atom. The SMILES string of the molecule is [B]B([B])B([B])B(B([B])[B])B1C(N2C=CN(C)[C@@H]2C)[C@@H]1C.[B]B([B])B([B])B(B([B])[B])B1C(c2cc(-c3ccccc3)cc[n+]2C)[C@@H]1C.[B]B([B])B([B])B(B([B])[B])B1C(c2cc(C)c(C)c[n+]2C)[C@@H]1C.[B]B([B])B([B])B(B([B])[B])B1C(c2ccc(-c3ccccc3)c[n+]2C)[C@@H]1C.[B]B([B])B([B])B(B([B])[B])B1C(c2cccc[n+]2C)[C@@H]1C. The van der Waals surface area contributed by atoms with Crippen LogP contribution in [0.2, 0.25) is 29.1 Å². The molecule has 4 aromatic heterocycles. The summed E-state index contributed by atoms with van der Waals surface area (Å²) in [6.45, 7) is 19.0. The van der Waals surface area contributed by atoms with Gasteiger partial charge in [-0.3, -0.25) is 0 Å². The van der Waals surface area contributed by atoms with E-state index in [0.717, 1.165) is 0 Å². The molecule has 0 saturated carbocycles. The summed E-state index contributed by atoms with van der Waals surface area (Å²) >= 11 is 0. The van der Waals surface area contributed by atoms with E-state index in [1.165, 1.54) is 56.2 Å². The van der Waals surface area contributed by atoms with Gasteiger partial charge in [0.1, 0.15) is 61.2 Å². The smallest absolute Gasteiger partial charge is 0.176 e. The van der Waals surface area contributed by atoms with Gasteiger partial charge in [-0.15, -0.1) is 0 Å². The fourth-order valence-corrected chi connectivity index (χ4v) is 19.5. The van der Waals surface area contributed by atoms with Crippen molar-refractivity contribution in [1.29, 1.82) is 0 Å². The van der Waals surface area contributed by atoms with Gasteiger partial charge in [0.25, 0.3) is 0 Å². The van der Waals surface area contributed by atoms with Crippen molar-refractivity contribution in [2.45, 2.75) is 120 Å². The van der Waals surface area contributed by atoms with Crippen LogP contribution in [0.5, 0.6) is 0 Å². The van der Waals surface area contributed by atoms with E-state index >= 15 is 0 Å². The van der Waals surface area contributed by atoms with Gasteiger partial charge in [0.2, 0.25) is 0 Å². The first-order valence-corrected chi connectivity index (χ1v) is 40.5. The second-order valence-corrected chi connectivity index (χ2v) is 34.4. The number of hydrogen-bond acceptors (Lipinski definition) is 2. The van der Waals surface area contributed by atoms with Crippen molar-refractivity contribution in [2.75, 3.05) is 7.05 Å². The minimum absolute atomic E-state index is 0.0680. The molecule has 0 N–H and O–H groups in total. The van der Waals surface area contributed by atoms with Crippen LogP contribution in [0.15, 0.2) is 146 Å². The minimum atomic E-state index is -0.632. The fraction of sp³-hybridized carbons (Fsp3) is 0.414. The topological polar surface area (TPSA) is 22.0 Å². The van der Waals surface area contributed by atoms with Crippen LogP contribution >= 0.6 is 0 Å². The Morgan fingerprint density at radius 2 is 0.632 bits per heavy atom. The average molecular weight is 1400 g/mol. The molecule has 114 heavy (non-hydrogen) atoms. The Morgan fingerprint density at radius 1 is 0.298 bits per heavy atom. The summed E-state index contributed by atoms with van der Waals surface area (Å²) in [7, 11) is 159. The van der Waals surface area contributed by atoms with E-state index in [4.69, 9.17) is 193 Å². The van der Waals surface area contributed by atoms with E-state index in [-0.39, 0.29) is 57.9 Å². The molecule has 0 spiro atoms. The number of aryl methyl sites for hydroxylation is 6. The Kier molecular flexibility index (Phi) is 35.9. The van der Waals surface area contributed by atoms with Crippen LogP contribution in [0.4, 0.5) is 0 Å². The minimum Gasteiger partial charge on any atom is -0.362 e. The monoisotopic (exact) mass is 1410 g/mol. The maximum Gasteiger partial charge on any atom is 0.176 e. The van der Waals surface area contributed by atoms with Crippen molar-refractivity contribution >= 4 is 354 Å². The second-order valence-electron chi connectivity index (χ2n) is 34.4. The van der Waals surface area contributed by atoms with Crippen LogP contribution in [-0.4, -0.2) is 383 Å². The first-order chi connectivity index (χ1) is 53.4. The Labute approximate surface area is 733 Å². The molecule has 2 aromatic carbocycles. The molecule has 5 fully saturated rings. The van der Waals surface area contributed by atoms with Crippen LogP contribution in [0.3, 0.4) is 0 Å². The summed E-state index contributed by atoms with van der Waals surface area (Å²) in [4.78, 5) is 4.52. The number of benzene rings is 2. The van der Waals surface area contributed by atoms with E-state index < -0.39 is 83.0 Å². The molecular formula is C58H74B50N6+4. The fourth-order valence-electron chi connectivity index (χ4n) is 19.5. The zero-order valence-electron chi connectivity index (χ0n) is 69.8. The summed E-state index contributed by atoms with van der Waals surface area (Å²) in [5, 5.41) is 0. The molecule has 5 saturated heterocycles. The quantitative estimate of drug-likeness (QED) is 0.0379. The van der Waals surface area contributed by atoms with Crippen LogP contribution in [0.1, 0.15) is 98.7 Å². The molecule has 12 rings (SSSR count). The van der Waals surface area contributed by atoms with Gasteiger partial charge in [-0.2, -0.15) is 0 Å². The highest BCUT2D eigenvalue weighted by molar-refractivity contribution is 8.04. The van der Waals surface area contributed by atoms with Gasteiger partial charge in [0.15, 0.2) is 47.6 Å². The lowest BCUT2D eigenvalue weighted by Gasteiger charge is -2.30. The summed E-state index contributed by atoms with van der Waals surface area (Å²) in [5.74, 6) is 4.20. The van der Waals surface area contributed by atoms with Gasteiger partial charge in [0.05, 0.1) is 6.17 Å². The molecule has 0 bridgehead atoms. The molecule has 5 unspecified atom stereocenters. The molecule has 10 heterocycles. The standard InChI is InChI=1S/2C15H16B10N.C11H16B10N.C9H12B10N.C8H14B10N2/c1-11-15(21(11)25(23(18)19)24(20)22(16)17)14-10-13(8-9-26(14)2)12-6-4-3-5-7-12;1-11-15(21(11)25(23(18)19)24(20)22(16)17)14-9-8-13(10-26(14)2)12-6-4-3-5-7-12;1-7-5-10(22(4)6-8(7)2)11-9(3)17(11)21(19(14)15)20(16)18(12)13;1-7-9(8-5-3-4-6-20(8)2)15(7)19(17(12)13)18(14)16(10)11;1-6-8(20-5-4-19(3)7(20)2)14(6)18(16(11)12)17(13)15(9)10/h2*3-11,15H,1-2H3;5-6,9,11H,1-4H3;3-7,9H,1-2H3;4-8H,1-3H3/q4*+1;/t2*11-,15?;9-,11?;7-,9?;6-,7-,8?/m00000/s1. The molecule has 482 valence electrons. The van der Waals surface area contributed by atoms with E-state index in [1.807, 2.05) is 49.6 Å². The molecule has 0 amide bonds. The highest BCUT2D eigenvalue weighted by atomic mass is 15.4. The first kappa shape index (κ1) is 97.1. The number of pyridine rings is 4. The van der Waals surface area contributed by atoms with Crippen molar-refractivity contribution in [3.8, 4) is 22.3 Å². The molecule has 6 aliphatic heterocycles. The maximum atomic E-state index is 6.25. The Bertz CT molecular complexity index is 4080. The van der Waals surface area contributed by atoms with Gasteiger partial charge in [-0.05, 0) is 55.0 Å². The zero-order chi connectivity index (χ0) is 85.0. The molecule has 6 aromatic rings. The Balaban J connectivity index is 0.000000179. The number of rotatable bonds is 27. The van der Waals surface area contributed by atoms with Gasteiger partial charge in [0, 0.05) is 411 Å². The van der Waals surface area contributed by atoms with Crippen LogP contribution in [0.25, 0.3) is 22.3 Å². The molecule has 50 radical (unpaired) electrons. The highest BCUT2D eigenvalue weighted by Gasteiger charge is 2.64. The van der Waals surface area contributed by atoms with E-state index in [0.29, 0.717) is 84.3 Å². The average Bonchev–Trinajstić information content (AvgIpc) is 1.60. The first-order valence-electron chi connectivity index (χ1n) is 40.5. The number of aromatic nitrogens is 4.